The van der Waals surface area contributed by atoms with Gasteiger partial charge in [-0.3, -0.25) is 20.2 Å². The van der Waals surface area contributed by atoms with Gasteiger partial charge in [0, 0.05) is 39.8 Å². The van der Waals surface area contributed by atoms with Gasteiger partial charge in [0.05, 0.1) is 48.8 Å². The Morgan fingerprint density at radius 1 is 0.571 bits per heavy atom. The number of nitro benzene ring substituents is 2. The van der Waals surface area contributed by atoms with Crippen molar-refractivity contribution in [3.63, 3.8) is 0 Å². The van der Waals surface area contributed by atoms with Crippen molar-refractivity contribution < 1.29 is 19.9 Å². The van der Waals surface area contributed by atoms with E-state index in [4.69, 9.17) is 10.0 Å². The Labute approximate surface area is 385 Å². The first-order valence-corrected chi connectivity index (χ1v) is 23.8. The van der Waals surface area contributed by atoms with Gasteiger partial charge in [-0.05, 0) is 51.4 Å². The van der Waals surface area contributed by atoms with Gasteiger partial charge in [-0.2, -0.15) is 0 Å². The summed E-state index contributed by atoms with van der Waals surface area (Å²) in [5.41, 5.74) is 10.3. The molecule has 63 heavy (non-hydrogen) atoms. The Hall–Kier alpha value is -6.10. The summed E-state index contributed by atoms with van der Waals surface area (Å²) in [6.45, 7) is 0. The van der Waals surface area contributed by atoms with Crippen LogP contribution < -0.4 is 21.4 Å². The molecule has 1 aliphatic rings. The van der Waals surface area contributed by atoms with E-state index in [2.05, 4.69) is 146 Å². The van der Waals surface area contributed by atoms with Crippen LogP contribution in [0.2, 0.25) is 0 Å². The van der Waals surface area contributed by atoms with E-state index in [1.54, 1.807) is 57.3 Å². The van der Waals surface area contributed by atoms with Crippen molar-refractivity contribution in [3.05, 3.63) is 226 Å². The van der Waals surface area contributed by atoms with E-state index < -0.39 is 24.9 Å². The highest BCUT2D eigenvalue weighted by Gasteiger charge is 2.22. The number of halogens is 1. The maximum atomic E-state index is 10.7. The third-order valence-electron chi connectivity index (χ3n) is 8.93. The van der Waals surface area contributed by atoms with Crippen LogP contribution in [0.1, 0.15) is 10.4 Å². The number of rotatable bonds is 7. The number of nitrogens with zero attached hydrogens (tertiary/aromatic N) is 5. The quantitative estimate of drug-likeness (QED) is 0.0684. The minimum Gasteiger partial charge on any atom is -0.423 e. The Kier molecular flexibility index (Phi) is 17.6. The van der Waals surface area contributed by atoms with Gasteiger partial charge in [-0.1, -0.05) is 146 Å². The Morgan fingerprint density at radius 3 is 1.54 bits per heavy atom. The molecular formula is C46H36BBrN5O6PS3. The molecule has 6 aromatic carbocycles. The second-order valence-corrected chi connectivity index (χ2v) is 18.4. The number of hydrogen-bond donors (Lipinski definition) is 2. The van der Waals surface area contributed by atoms with Crippen LogP contribution in [0.3, 0.4) is 0 Å². The average molecular weight is 973 g/mol. The molecule has 0 unspecified atom stereocenters. The molecule has 0 fully saturated rings. The van der Waals surface area contributed by atoms with Crippen molar-refractivity contribution >= 4 is 97.7 Å². The van der Waals surface area contributed by atoms with Gasteiger partial charge in [0.25, 0.3) is 11.4 Å². The highest BCUT2D eigenvalue weighted by atomic mass is 79.9. The van der Waals surface area contributed by atoms with Crippen molar-refractivity contribution in [2.45, 2.75) is 6.42 Å². The van der Waals surface area contributed by atoms with Crippen molar-refractivity contribution in [3.8, 4) is 22.5 Å². The summed E-state index contributed by atoms with van der Waals surface area (Å²) in [4.78, 5) is 33.6. The summed E-state index contributed by atoms with van der Waals surface area (Å²) >= 11 is 7.94. The molecule has 0 radical (unpaired) electrons. The maximum absolute atomic E-state index is 10.7. The van der Waals surface area contributed by atoms with Crippen LogP contribution in [0.4, 0.5) is 11.4 Å². The van der Waals surface area contributed by atoms with Crippen LogP contribution in [0.15, 0.2) is 196 Å². The molecule has 0 atom stereocenters. The number of nitro groups is 2. The van der Waals surface area contributed by atoms with Gasteiger partial charge in [-0.25, -0.2) is 15.0 Å². The molecule has 0 aliphatic heterocycles. The standard InChI is InChI=1S/C18H15P.C10H7NS.C9H6N2O2S.C6H6BNO4.C3H2BrNS/c1-4-10-16(11-5-1)19(17-12-6-2-7-13-17)18-14-8-3-9-15-18;1-2-4-8-7(3-1)5-9-10(8)11-6-12-9;12-11(13)9-4-2-1-3-7(9)8-5-14-6-10-8;9-7(10)5-3-1-2-4-6(5)8(11)12;4-3-1-6-2-5-3/h1-15H;1-4,6H,5H2;1-6H;1-4,9-10H;1-2H. The molecule has 3 heterocycles. The number of hydrogen-bond acceptors (Lipinski definition) is 12. The second-order valence-electron chi connectivity index (χ2n) is 12.9. The zero-order valence-corrected chi connectivity index (χ0v) is 38.0. The fourth-order valence-corrected chi connectivity index (χ4v) is 10.8. The van der Waals surface area contributed by atoms with E-state index in [1.165, 1.54) is 79.3 Å². The summed E-state index contributed by atoms with van der Waals surface area (Å²) in [5, 5.41) is 46.3. The lowest BCUT2D eigenvalue weighted by Gasteiger charge is -2.18. The molecule has 0 bridgehead atoms. The molecular weight excluding hydrogens is 936 g/mol. The molecule has 0 amide bonds. The summed E-state index contributed by atoms with van der Waals surface area (Å²) in [7, 11) is -2.25. The zero-order chi connectivity index (χ0) is 44.4. The molecule has 17 heteroatoms. The first-order valence-electron chi connectivity index (χ1n) is 18.9. The van der Waals surface area contributed by atoms with Crippen LogP contribution >= 0.6 is 57.9 Å². The molecule has 0 saturated heterocycles. The van der Waals surface area contributed by atoms with E-state index in [-0.39, 0.29) is 16.8 Å². The highest BCUT2D eigenvalue weighted by molar-refractivity contribution is 9.10. The summed E-state index contributed by atoms with van der Waals surface area (Å²) in [6.07, 6.45) is 1.08. The summed E-state index contributed by atoms with van der Waals surface area (Å²) in [6, 6.07) is 52.9. The lowest BCUT2D eigenvalue weighted by atomic mass is 9.79. The van der Waals surface area contributed by atoms with Crippen molar-refractivity contribution in [1.82, 2.24) is 15.0 Å². The van der Waals surface area contributed by atoms with Crippen molar-refractivity contribution in [2.24, 2.45) is 0 Å². The highest BCUT2D eigenvalue weighted by Crippen LogP contribution is 2.37. The Bertz CT molecular complexity index is 2700. The number of benzene rings is 6. The van der Waals surface area contributed by atoms with Gasteiger partial charge in [0.15, 0.2) is 0 Å². The molecule has 11 nitrogen and oxygen atoms in total. The molecule has 3 aromatic heterocycles. The first-order chi connectivity index (χ1) is 30.7. The monoisotopic (exact) mass is 971 g/mol. The predicted octanol–water partition coefficient (Wildman–Crippen LogP) is 10.1. The van der Waals surface area contributed by atoms with Gasteiger partial charge in [0.2, 0.25) is 0 Å². The normalized spacial score (nSPS) is 10.5. The fourth-order valence-electron chi connectivity index (χ4n) is 6.14. The molecule has 9 aromatic rings. The molecule has 0 saturated carbocycles. The van der Waals surface area contributed by atoms with E-state index in [1.807, 2.05) is 10.9 Å². The van der Waals surface area contributed by atoms with Crippen molar-refractivity contribution in [1.29, 1.82) is 0 Å². The Balaban J connectivity index is 0.000000136. The second kappa shape index (κ2) is 23.9. The lowest BCUT2D eigenvalue weighted by Crippen LogP contribution is -2.31. The third kappa shape index (κ3) is 13.2. The predicted molar refractivity (Wildman–Crippen MR) is 262 cm³/mol. The van der Waals surface area contributed by atoms with Crippen molar-refractivity contribution in [2.75, 3.05) is 0 Å². The molecule has 1 aliphatic carbocycles. The SMILES string of the molecule is Brc1cscn1.O=[N+]([O-])c1ccccc1-c1cscn1.O=[N+]([O-])c1ccccc1B(O)O.c1ccc(P(c2ccccc2)c2ccccc2)cc1.c1ccc2c(c1)Cc1scnc1-2. The van der Waals surface area contributed by atoms with Crippen LogP contribution in [0.5, 0.6) is 0 Å². The number of fused-ring (bicyclic) bond motifs is 3. The lowest BCUT2D eigenvalue weighted by molar-refractivity contribution is -0.384. The molecule has 2 N–H and O–H groups in total. The van der Waals surface area contributed by atoms with E-state index in [0.29, 0.717) is 11.3 Å². The molecule has 0 spiro atoms. The van der Waals surface area contributed by atoms with Crippen LogP contribution in [0, 0.1) is 20.2 Å². The van der Waals surface area contributed by atoms with Crippen LogP contribution in [-0.4, -0.2) is 42.0 Å². The first kappa shape index (κ1) is 46.4. The number of aromatic nitrogens is 3. The van der Waals surface area contributed by atoms with E-state index in [0.717, 1.165) is 11.0 Å². The molecule has 10 rings (SSSR count). The summed E-state index contributed by atoms with van der Waals surface area (Å²) < 4.78 is 0.924. The maximum Gasteiger partial charge on any atom is 0.495 e. The van der Waals surface area contributed by atoms with Gasteiger partial charge < -0.3 is 10.0 Å². The van der Waals surface area contributed by atoms with E-state index >= 15 is 0 Å². The Morgan fingerprint density at radius 2 is 1.06 bits per heavy atom. The van der Waals surface area contributed by atoms with Gasteiger partial charge in [-0.15, -0.1) is 34.0 Å². The largest absolute Gasteiger partial charge is 0.495 e. The molecule has 314 valence electrons. The fraction of sp³-hybridized carbons (Fsp3) is 0.0217. The topological polar surface area (TPSA) is 165 Å². The number of thiazole rings is 3. The van der Waals surface area contributed by atoms with Crippen LogP contribution in [0.25, 0.3) is 22.5 Å². The zero-order valence-electron chi connectivity index (χ0n) is 33.1. The third-order valence-corrected chi connectivity index (χ3v) is 14.1. The minimum atomic E-state index is -1.80. The summed E-state index contributed by atoms with van der Waals surface area (Å²) in [5.74, 6) is 0. The van der Waals surface area contributed by atoms with Gasteiger partial charge >= 0.3 is 7.12 Å². The smallest absolute Gasteiger partial charge is 0.423 e. The van der Waals surface area contributed by atoms with Crippen LogP contribution in [-0.2, 0) is 6.42 Å². The minimum absolute atomic E-state index is 0.0949. The van der Waals surface area contributed by atoms with Gasteiger partial charge in [0.1, 0.15) is 4.60 Å². The average Bonchev–Trinajstić information content (AvgIpc) is 4.17. The number of para-hydroxylation sites is 2. The van der Waals surface area contributed by atoms with E-state index in [9.17, 15) is 20.2 Å².